The number of thiazole rings is 1. The fourth-order valence-electron chi connectivity index (χ4n) is 9.08. The summed E-state index contributed by atoms with van der Waals surface area (Å²) in [5, 5.41) is 18.0. The van der Waals surface area contributed by atoms with Crippen LogP contribution in [0.25, 0.3) is 22.3 Å². The van der Waals surface area contributed by atoms with Crippen molar-refractivity contribution in [2.75, 3.05) is 38.6 Å². The Balaban J connectivity index is 1.32. The molecule has 5 amide bonds. The third-order valence-corrected chi connectivity index (χ3v) is 16.4. The second-order valence-corrected chi connectivity index (χ2v) is 23.1. The summed E-state index contributed by atoms with van der Waals surface area (Å²) in [5.41, 5.74) is 1.25. The predicted octanol–water partition coefficient (Wildman–Crippen LogP) is 6.77. The number of aromatic nitrogens is 2. The molecule has 6 rings (SSSR count). The van der Waals surface area contributed by atoms with E-state index in [1.165, 1.54) is 20.5 Å². The lowest BCUT2D eigenvalue weighted by Gasteiger charge is -2.35. The SMILES string of the molecule is C=CCNC(=O)[C@@H]1CC/C=C\CCCCC[C@H](NC(=O)N[C@H](CN2CCC(C(C)C)S2(=O)=O)C(C)(C)C)C(=O)N2C[C@H](Oc3cc(-c4csc(NC(C)C)n4)nc4cc(OC)ccc34)C[C@H]2C(=O)N1. The molecule has 0 aliphatic carbocycles. The van der Waals surface area contributed by atoms with Gasteiger partial charge in [0.25, 0.3) is 0 Å². The lowest BCUT2D eigenvalue weighted by molar-refractivity contribution is -0.141. The molecule has 1 unspecified atom stereocenters. The van der Waals surface area contributed by atoms with Gasteiger partial charge in [-0.15, -0.1) is 17.9 Å². The highest BCUT2D eigenvalue weighted by Gasteiger charge is 2.45. The van der Waals surface area contributed by atoms with Crippen LogP contribution in [0, 0.1) is 11.3 Å². The lowest BCUT2D eigenvalue weighted by Crippen LogP contribution is -2.59. The summed E-state index contributed by atoms with van der Waals surface area (Å²) in [6, 6.07) is 3.24. The van der Waals surface area contributed by atoms with Crippen molar-refractivity contribution in [3.05, 3.63) is 54.5 Å². The number of benzene rings is 1. The Labute approximate surface area is 412 Å². The van der Waals surface area contributed by atoms with Gasteiger partial charge in [0.05, 0.1) is 30.1 Å². The Morgan fingerprint density at radius 3 is 2.48 bits per heavy atom. The smallest absolute Gasteiger partial charge is 0.315 e. The minimum atomic E-state index is -3.58. The number of sulfonamides is 1. The molecule has 0 radical (unpaired) electrons. The molecule has 6 atom stereocenters. The van der Waals surface area contributed by atoms with E-state index in [9.17, 15) is 22.8 Å². The maximum Gasteiger partial charge on any atom is 0.315 e. The first-order chi connectivity index (χ1) is 32.8. The van der Waals surface area contributed by atoms with Crippen LogP contribution < -0.4 is 36.1 Å². The minimum Gasteiger partial charge on any atom is -0.497 e. The van der Waals surface area contributed by atoms with Crippen molar-refractivity contribution in [2.24, 2.45) is 11.3 Å². The highest BCUT2D eigenvalue weighted by Crippen LogP contribution is 2.36. The first-order valence-electron chi connectivity index (χ1n) is 24.4. The molecule has 69 heavy (non-hydrogen) atoms. The highest BCUT2D eigenvalue weighted by molar-refractivity contribution is 7.90. The van der Waals surface area contributed by atoms with Crippen molar-refractivity contribution >= 4 is 61.1 Å². The van der Waals surface area contributed by atoms with Crippen molar-refractivity contribution in [1.29, 1.82) is 0 Å². The molecule has 1 aromatic carbocycles. The van der Waals surface area contributed by atoms with Crippen LogP contribution in [0.15, 0.2) is 54.5 Å². The second kappa shape index (κ2) is 23.6. The van der Waals surface area contributed by atoms with Gasteiger partial charge in [0.15, 0.2) is 5.13 Å². The van der Waals surface area contributed by atoms with Gasteiger partial charge in [0, 0.05) is 61.0 Å². The molecular weight excluding hydrogens is 919 g/mol. The topological polar surface area (TPSA) is 213 Å². The predicted molar refractivity (Wildman–Crippen MR) is 272 cm³/mol. The summed E-state index contributed by atoms with van der Waals surface area (Å²) in [4.78, 5) is 68.6. The largest absolute Gasteiger partial charge is 0.497 e. The molecule has 2 aromatic heterocycles. The minimum absolute atomic E-state index is 0.00427. The number of ether oxygens (including phenoxy) is 2. The van der Waals surface area contributed by atoms with Gasteiger partial charge in [-0.1, -0.05) is 65.7 Å². The van der Waals surface area contributed by atoms with Crippen LogP contribution in [-0.4, -0.2) is 126 Å². The molecule has 5 heterocycles. The maximum atomic E-state index is 15.1. The van der Waals surface area contributed by atoms with Crippen molar-refractivity contribution in [2.45, 2.75) is 148 Å². The summed E-state index contributed by atoms with van der Waals surface area (Å²) in [6.07, 6.45) is 9.78. The van der Waals surface area contributed by atoms with E-state index in [4.69, 9.17) is 19.4 Å². The van der Waals surface area contributed by atoms with Crippen LogP contribution in [-0.2, 0) is 24.4 Å². The summed E-state index contributed by atoms with van der Waals surface area (Å²) in [7, 11) is -2.00. The maximum absolute atomic E-state index is 15.1. The second-order valence-electron chi connectivity index (χ2n) is 20.1. The third kappa shape index (κ3) is 13.7. The highest BCUT2D eigenvalue weighted by atomic mass is 32.2. The van der Waals surface area contributed by atoms with E-state index in [-0.39, 0.29) is 50.3 Å². The number of methoxy groups -OCH3 is 1. The van der Waals surface area contributed by atoms with Gasteiger partial charge in [-0.3, -0.25) is 14.4 Å². The monoisotopic (exact) mass is 992 g/mol. The van der Waals surface area contributed by atoms with Gasteiger partial charge in [0.2, 0.25) is 27.7 Å². The fraction of sp³-hybridized carbons (Fsp3) is 0.600. The van der Waals surface area contributed by atoms with E-state index in [2.05, 4.69) is 39.2 Å². The zero-order valence-corrected chi connectivity index (χ0v) is 43.1. The Kier molecular flexibility index (Phi) is 18.1. The Hall–Kier alpha value is -5.27. The number of fused-ring (bicyclic) bond motifs is 2. The first kappa shape index (κ1) is 53.1. The molecule has 2 fully saturated rings. The lowest BCUT2D eigenvalue weighted by atomic mass is 9.86. The number of pyridine rings is 1. The van der Waals surface area contributed by atoms with Crippen molar-refractivity contribution in [3.63, 3.8) is 0 Å². The van der Waals surface area contributed by atoms with E-state index < -0.39 is 68.8 Å². The summed E-state index contributed by atoms with van der Waals surface area (Å²) >= 11 is 1.46. The number of anilines is 1. The van der Waals surface area contributed by atoms with Gasteiger partial charge in [-0.2, -0.15) is 4.31 Å². The number of rotatable bonds is 14. The normalized spacial score (nSPS) is 23.8. The van der Waals surface area contributed by atoms with Gasteiger partial charge in [-0.25, -0.2) is 23.2 Å². The number of amides is 5. The summed E-state index contributed by atoms with van der Waals surface area (Å²) in [5.74, 6) is -0.342. The number of hydrogen-bond donors (Lipinski definition) is 5. The van der Waals surface area contributed by atoms with Gasteiger partial charge in [0.1, 0.15) is 41.4 Å². The van der Waals surface area contributed by atoms with Crippen molar-refractivity contribution in [3.8, 4) is 22.9 Å². The van der Waals surface area contributed by atoms with Crippen LogP contribution in [0.3, 0.4) is 0 Å². The van der Waals surface area contributed by atoms with Crippen LogP contribution in [0.4, 0.5) is 9.93 Å². The van der Waals surface area contributed by atoms with Crippen LogP contribution in [0.5, 0.6) is 11.5 Å². The molecule has 3 aromatic rings. The third-order valence-electron chi connectivity index (χ3n) is 13.0. The van der Waals surface area contributed by atoms with E-state index >= 15 is 4.79 Å². The van der Waals surface area contributed by atoms with Crippen molar-refractivity contribution < 1.29 is 37.1 Å². The average Bonchev–Trinajstić information content (AvgIpc) is 4.01. The molecule has 5 N–H and O–H groups in total. The van der Waals surface area contributed by atoms with E-state index in [0.29, 0.717) is 66.0 Å². The summed E-state index contributed by atoms with van der Waals surface area (Å²) < 4.78 is 41.0. The van der Waals surface area contributed by atoms with Gasteiger partial charge in [-0.05, 0) is 75.8 Å². The number of nitrogens with zero attached hydrogens (tertiary/aromatic N) is 4. The zero-order chi connectivity index (χ0) is 50.0. The fourth-order valence-corrected chi connectivity index (χ4v) is 12.1. The van der Waals surface area contributed by atoms with Crippen LogP contribution in [0.2, 0.25) is 0 Å². The van der Waals surface area contributed by atoms with Crippen LogP contribution in [0.1, 0.15) is 106 Å². The van der Waals surface area contributed by atoms with Gasteiger partial charge < -0.3 is 41.0 Å². The number of carbonyl (C=O) groups excluding carboxylic acids is 4. The average molecular weight is 992 g/mol. The number of allylic oxidation sites excluding steroid dienone is 2. The molecule has 17 nitrogen and oxygen atoms in total. The first-order valence-corrected chi connectivity index (χ1v) is 26.8. The van der Waals surface area contributed by atoms with Crippen LogP contribution >= 0.6 is 11.3 Å². The number of hydrogen-bond acceptors (Lipinski definition) is 12. The number of carbonyl (C=O) groups is 4. The van der Waals surface area contributed by atoms with E-state index in [0.717, 1.165) is 24.4 Å². The standard InChI is InChI=1S/C50H73N9O8S2/c1-10-23-51-45(60)36-18-16-14-12-11-13-15-17-19-37(55-48(63)57-44(50(6,7)8)29-58-24-22-43(31(2)3)69(58,64)65)47(62)59-28-34(26-41(59)46(61)54-36)67-42-27-39(40-30-68-49(56-40)52-32(4)5)53-38-25-33(66-9)20-21-35(38)42/h10,12,14,20-21,25,27,30-32,34,36-37,41,43-44H,1,11,13,15-19,22-24,26,28-29H2,2-9H3,(H,51,60)(H,52,56)(H,54,61)(H2,55,57,63)/b14-12-/t34-,36+,37+,41+,43?,44-/m1/s1. The molecular formula is C50H73N9O8S2. The quantitative estimate of drug-likeness (QED) is 0.106. The molecule has 19 heteroatoms. The Morgan fingerprint density at radius 2 is 1.78 bits per heavy atom. The molecule has 0 saturated carbocycles. The number of urea groups is 1. The number of nitrogens with one attached hydrogen (secondary N) is 5. The molecule has 378 valence electrons. The van der Waals surface area contributed by atoms with Crippen molar-refractivity contribution in [1.82, 2.24) is 40.4 Å². The molecule has 2 saturated heterocycles. The van der Waals surface area contributed by atoms with E-state index in [1.807, 2.05) is 84.2 Å². The van der Waals surface area contributed by atoms with Gasteiger partial charge >= 0.3 is 6.03 Å². The molecule has 3 aliphatic rings. The molecule has 0 bridgehead atoms. The summed E-state index contributed by atoms with van der Waals surface area (Å²) in [6.45, 7) is 18.1. The molecule has 3 aliphatic heterocycles. The Morgan fingerprint density at radius 1 is 1.01 bits per heavy atom. The van der Waals surface area contributed by atoms with E-state index in [1.54, 1.807) is 13.2 Å². The Bertz CT molecular complexity index is 2430. The molecule has 0 spiro atoms. The zero-order valence-electron chi connectivity index (χ0n) is 41.5.